The standard InChI is InChI=1S/C15H17N3/c16-13-9-12-5-1-2-7-15(12)18(10-13)11-14-6-3-4-8-17-14/h1-8,13H,9-11,16H2. The molecule has 2 N–H and O–H groups in total. The number of hydrogen-bond acceptors (Lipinski definition) is 3. The van der Waals surface area contributed by atoms with Gasteiger partial charge in [0, 0.05) is 24.5 Å². The van der Waals surface area contributed by atoms with E-state index in [-0.39, 0.29) is 6.04 Å². The molecule has 0 aliphatic carbocycles. The Hall–Kier alpha value is -1.87. The molecular formula is C15H17N3. The molecule has 1 aliphatic heterocycles. The van der Waals surface area contributed by atoms with E-state index >= 15 is 0 Å². The lowest BCUT2D eigenvalue weighted by atomic mass is 9.98. The maximum Gasteiger partial charge on any atom is 0.0602 e. The number of fused-ring (bicyclic) bond motifs is 1. The predicted molar refractivity (Wildman–Crippen MR) is 73.4 cm³/mol. The number of hydrogen-bond donors (Lipinski definition) is 1. The second-order valence-corrected chi connectivity index (χ2v) is 4.79. The van der Waals surface area contributed by atoms with Crippen molar-refractivity contribution in [2.75, 3.05) is 11.4 Å². The Morgan fingerprint density at radius 1 is 1.17 bits per heavy atom. The van der Waals surface area contributed by atoms with E-state index in [4.69, 9.17) is 5.73 Å². The Morgan fingerprint density at radius 2 is 2.00 bits per heavy atom. The summed E-state index contributed by atoms with van der Waals surface area (Å²) in [5.41, 5.74) is 9.85. The Labute approximate surface area is 107 Å². The van der Waals surface area contributed by atoms with Crippen LogP contribution in [0.3, 0.4) is 0 Å². The minimum absolute atomic E-state index is 0.212. The first-order valence-electron chi connectivity index (χ1n) is 6.31. The van der Waals surface area contributed by atoms with Gasteiger partial charge in [-0.05, 0) is 30.2 Å². The summed E-state index contributed by atoms with van der Waals surface area (Å²) in [7, 11) is 0. The summed E-state index contributed by atoms with van der Waals surface area (Å²) in [5, 5.41) is 0. The molecule has 1 atom stereocenters. The predicted octanol–water partition coefficient (Wildman–Crippen LogP) is 1.97. The number of rotatable bonds is 2. The average molecular weight is 239 g/mol. The van der Waals surface area contributed by atoms with Crippen molar-refractivity contribution in [3.8, 4) is 0 Å². The smallest absolute Gasteiger partial charge is 0.0602 e. The SMILES string of the molecule is NC1Cc2ccccc2N(Cc2ccccn2)C1. The molecule has 1 aromatic heterocycles. The topological polar surface area (TPSA) is 42.1 Å². The second kappa shape index (κ2) is 4.78. The maximum absolute atomic E-state index is 6.13. The molecule has 3 heteroatoms. The minimum Gasteiger partial charge on any atom is -0.364 e. The molecule has 92 valence electrons. The highest BCUT2D eigenvalue weighted by Crippen LogP contribution is 2.27. The zero-order chi connectivity index (χ0) is 12.4. The van der Waals surface area contributed by atoms with Crippen molar-refractivity contribution in [1.29, 1.82) is 0 Å². The first-order valence-corrected chi connectivity index (χ1v) is 6.31. The molecule has 3 rings (SSSR count). The number of nitrogens with zero attached hydrogens (tertiary/aromatic N) is 2. The van der Waals surface area contributed by atoms with Crippen LogP contribution < -0.4 is 10.6 Å². The first kappa shape index (κ1) is 11.2. The monoisotopic (exact) mass is 239 g/mol. The van der Waals surface area contributed by atoms with Gasteiger partial charge in [0.15, 0.2) is 0 Å². The molecule has 0 bridgehead atoms. The van der Waals surface area contributed by atoms with Crippen LogP contribution in [-0.2, 0) is 13.0 Å². The summed E-state index contributed by atoms with van der Waals surface area (Å²) >= 11 is 0. The zero-order valence-corrected chi connectivity index (χ0v) is 10.3. The van der Waals surface area contributed by atoms with E-state index in [2.05, 4.69) is 40.2 Å². The first-order chi connectivity index (χ1) is 8.83. The van der Waals surface area contributed by atoms with E-state index < -0.39 is 0 Å². The van der Waals surface area contributed by atoms with Crippen molar-refractivity contribution in [3.63, 3.8) is 0 Å². The van der Waals surface area contributed by atoms with Crippen molar-refractivity contribution in [2.24, 2.45) is 5.73 Å². The fraction of sp³-hybridized carbons (Fsp3) is 0.267. The summed E-state index contributed by atoms with van der Waals surface area (Å²) in [6, 6.07) is 14.7. The van der Waals surface area contributed by atoms with Crippen LogP contribution in [0.15, 0.2) is 48.7 Å². The highest BCUT2D eigenvalue weighted by atomic mass is 15.2. The van der Waals surface area contributed by atoms with Gasteiger partial charge in [0.25, 0.3) is 0 Å². The van der Waals surface area contributed by atoms with E-state index in [0.29, 0.717) is 0 Å². The Balaban J connectivity index is 1.89. The lowest BCUT2D eigenvalue weighted by Crippen LogP contribution is -2.43. The van der Waals surface area contributed by atoms with Crippen LogP contribution in [-0.4, -0.2) is 17.6 Å². The summed E-state index contributed by atoms with van der Waals surface area (Å²) in [5.74, 6) is 0. The van der Waals surface area contributed by atoms with Gasteiger partial charge in [0.2, 0.25) is 0 Å². The maximum atomic E-state index is 6.13. The zero-order valence-electron chi connectivity index (χ0n) is 10.3. The Morgan fingerprint density at radius 3 is 2.83 bits per heavy atom. The summed E-state index contributed by atoms with van der Waals surface area (Å²) < 4.78 is 0. The van der Waals surface area contributed by atoms with Gasteiger partial charge in [-0.15, -0.1) is 0 Å². The normalized spacial score (nSPS) is 18.5. The number of anilines is 1. The van der Waals surface area contributed by atoms with E-state index in [1.165, 1.54) is 11.3 Å². The lowest BCUT2D eigenvalue weighted by molar-refractivity contribution is 0.595. The van der Waals surface area contributed by atoms with Crippen molar-refractivity contribution in [3.05, 3.63) is 59.9 Å². The molecule has 1 unspecified atom stereocenters. The van der Waals surface area contributed by atoms with Crippen molar-refractivity contribution >= 4 is 5.69 Å². The quantitative estimate of drug-likeness (QED) is 0.871. The molecule has 2 aromatic rings. The van der Waals surface area contributed by atoms with Gasteiger partial charge in [-0.1, -0.05) is 24.3 Å². The highest BCUT2D eigenvalue weighted by molar-refractivity contribution is 5.56. The molecule has 0 spiro atoms. The Bertz CT molecular complexity index is 524. The van der Waals surface area contributed by atoms with Crippen LogP contribution in [0.5, 0.6) is 0 Å². The van der Waals surface area contributed by atoms with Crippen LogP contribution in [0, 0.1) is 0 Å². The van der Waals surface area contributed by atoms with Crippen molar-refractivity contribution in [1.82, 2.24) is 4.98 Å². The second-order valence-electron chi connectivity index (χ2n) is 4.79. The van der Waals surface area contributed by atoms with E-state index in [1.807, 2.05) is 18.3 Å². The molecule has 0 saturated carbocycles. The third-order valence-corrected chi connectivity index (χ3v) is 3.35. The molecule has 0 fully saturated rings. The number of benzene rings is 1. The molecular weight excluding hydrogens is 222 g/mol. The molecule has 1 aromatic carbocycles. The van der Waals surface area contributed by atoms with Gasteiger partial charge in [0.1, 0.15) is 0 Å². The number of pyridine rings is 1. The van der Waals surface area contributed by atoms with Gasteiger partial charge in [-0.3, -0.25) is 4.98 Å². The lowest BCUT2D eigenvalue weighted by Gasteiger charge is -2.34. The molecule has 0 saturated heterocycles. The number of aromatic nitrogens is 1. The molecule has 0 amide bonds. The van der Waals surface area contributed by atoms with Crippen LogP contribution in [0.25, 0.3) is 0 Å². The largest absolute Gasteiger partial charge is 0.364 e. The fourth-order valence-corrected chi connectivity index (χ4v) is 2.56. The molecule has 3 nitrogen and oxygen atoms in total. The van der Waals surface area contributed by atoms with Gasteiger partial charge in [0.05, 0.1) is 12.2 Å². The molecule has 18 heavy (non-hydrogen) atoms. The molecule has 1 aliphatic rings. The highest BCUT2D eigenvalue weighted by Gasteiger charge is 2.21. The van der Waals surface area contributed by atoms with Gasteiger partial charge < -0.3 is 10.6 Å². The summed E-state index contributed by atoms with van der Waals surface area (Å²) in [6.07, 6.45) is 2.81. The van der Waals surface area contributed by atoms with Crippen LogP contribution >= 0.6 is 0 Å². The summed E-state index contributed by atoms with van der Waals surface area (Å²) in [6.45, 7) is 1.72. The third kappa shape index (κ3) is 2.22. The van der Waals surface area contributed by atoms with E-state index in [1.54, 1.807) is 0 Å². The fourth-order valence-electron chi connectivity index (χ4n) is 2.56. The molecule has 0 radical (unpaired) electrons. The summed E-state index contributed by atoms with van der Waals surface area (Å²) in [4.78, 5) is 6.71. The van der Waals surface area contributed by atoms with Crippen LogP contribution in [0.2, 0.25) is 0 Å². The van der Waals surface area contributed by atoms with Crippen LogP contribution in [0.1, 0.15) is 11.3 Å². The van der Waals surface area contributed by atoms with E-state index in [0.717, 1.165) is 25.2 Å². The third-order valence-electron chi connectivity index (χ3n) is 3.35. The number of para-hydroxylation sites is 1. The van der Waals surface area contributed by atoms with Crippen molar-refractivity contribution < 1.29 is 0 Å². The van der Waals surface area contributed by atoms with Crippen molar-refractivity contribution in [2.45, 2.75) is 19.0 Å². The van der Waals surface area contributed by atoms with Crippen LogP contribution in [0.4, 0.5) is 5.69 Å². The van der Waals surface area contributed by atoms with Gasteiger partial charge in [-0.25, -0.2) is 0 Å². The van der Waals surface area contributed by atoms with E-state index in [9.17, 15) is 0 Å². The van der Waals surface area contributed by atoms with Gasteiger partial charge in [-0.2, -0.15) is 0 Å². The minimum atomic E-state index is 0.212. The average Bonchev–Trinajstić information content (AvgIpc) is 2.40. The number of nitrogens with two attached hydrogens (primary N) is 1. The van der Waals surface area contributed by atoms with Gasteiger partial charge >= 0.3 is 0 Å². The molecule has 2 heterocycles. The Kier molecular flexibility index (Phi) is 2.99.